The molecule has 8 nitrogen and oxygen atoms in total. The van der Waals surface area contributed by atoms with E-state index in [-0.39, 0.29) is 32.3 Å². The Labute approximate surface area is 308 Å². The van der Waals surface area contributed by atoms with Gasteiger partial charge in [0.1, 0.15) is 6.10 Å². The Kier molecular flexibility index (Phi) is 38.4. The molecule has 0 saturated carbocycles. The van der Waals surface area contributed by atoms with Crippen molar-refractivity contribution in [1.29, 1.82) is 0 Å². The maximum absolute atomic E-state index is 12.5. The lowest BCUT2D eigenvalue weighted by molar-refractivity contribution is -0.154. The van der Waals surface area contributed by atoms with Gasteiger partial charge in [0.25, 0.3) is 0 Å². The van der Waals surface area contributed by atoms with Crippen LogP contribution in [0.4, 0.5) is 0 Å². The van der Waals surface area contributed by atoms with E-state index < -0.39 is 13.9 Å². The van der Waals surface area contributed by atoms with E-state index in [0.29, 0.717) is 13.0 Å². The minimum atomic E-state index is -4.27. The third-order valence-electron chi connectivity index (χ3n) is 8.87. The maximum atomic E-state index is 12.5. The second kappa shape index (κ2) is 39.2. The number of hydrogen-bond acceptors (Lipinski definition) is 7. The van der Waals surface area contributed by atoms with Crippen LogP contribution in [0, 0.1) is 0 Å². The van der Waals surface area contributed by atoms with Crippen LogP contribution in [0.15, 0.2) is 24.3 Å². The molecule has 0 bridgehead atoms. The Morgan fingerprint density at radius 3 is 1.60 bits per heavy atom. The van der Waals surface area contributed by atoms with Gasteiger partial charge in [-0.15, -0.1) is 0 Å². The highest BCUT2D eigenvalue weighted by Crippen LogP contribution is 2.43. The molecule has 0 radical (unpaired) electrons. The molecule has 50 heavy (non-hydrogen) atoms. The van der Waals surface area contributed by atoms with Gasteiger partial charge in [0.15, 0.2) is 0 Å². The summed E-state index contributed by atoms with van der Waals surface area (Å²) in [6.07, 6.45) is 41.9. The van der Waals surface area contributed by atoms with Crippen molar-refractivity contribution in [1.82, 2.24) is 0 Å². The first-order valence-electron chi connectivity index (χ1n) is 20.8. The van der Waals surface area contributed by atoms with Gasteiger partial charge >= 0.3 is 13.8 Å². The van der Waals surface area contributed by atoms with Gasteiger partial charge in [-0.2, -0.15) is 0 Å². The zero-order valence-corrected chi connectivity index (χ0v) is 33.5. The van der Waals surface area contributed by atoms with Crippen molar-refractivity contribution in [2.75, 3.05) is 33.0 Å². The lowest BCUT2D eigenvalue weighted by Crippen LogP contribution is -2.28. The summed E-state index contributed by atoms with van der Waals surface area (Å²) in [7, 11) is -4.27. The molecule has 0 heterocycles. The molecule has 0 aromatic heterocycles. The molecule has 2 atom stereocenters. The van der Waals surface area contributed by atoms with Crippen LogP contribution in [0.5, 0.6) is 0 Å². The topological polar surface area (TPSA) is 117 Å². The Balaban J connectivity index is 4.05. The summed E-state index contributed by atoms with van der Waals surface area (Å²) in [5.74, 6) is -0.342. The second-order valence-electron chi connectivity index (χ2n) is 13.9. The number of carbonyl (C=O) groups is 1. The number of nitrogens with two attached hydrogens (primary N) is 1. The van der Waals surface area contributed by atoms with Gasteiger partial charge < -0.3 is 20.1 Å². The number of carbonyl (C=O) groups excluding carboxylic acids is 1. The van der Waals surface area contributed by atoms with E-state index in [2.05, 4.69) is 38.2 Å². The van der Waals surface area contributed by atoms with Gasteiger partial charge in [0.2, 0.25) is 0 Å². The first-order chi connectivity index (χ1) is 24.4. The molecule has 3 N–H and O–H groups in total. The molecule has 0 rings (SSSR count). The monoisotopic (exact) mass is 730 g/mol. The van der Waals surface area contributed by atoms with E-state index in [1.165, 1.54) is 116 Å². The molecule has 0 spiro atoms. The highest BCUT2D eigenvalue weighted by atomic mass is 31.2. The van der Waals surface area contributed by atoms with E-state index in [1.54, 1.807) is 0 Å². The molecule has 0 fully saturated rings. The Hall–Kier alpha value is -1.02. The number of esters is 1. The molecule has 0 saturated heterocycles. The number of unbranched alkanes of at least 4 members (excludes halogenated alkanes) is 23. The minimum absolute atomic E-state index is 0.0964. The second-order valence-corrected chi connectivity index (χ2v) is 15.3. The van der Waals surface area contributed by atoms with Crippen LogP contribution in [0.1, 0.15) is 194 Å². The number of phosphoric acid groups is 1. The van der Waals surface area contributed by atoms with Crippen molar-refractivity contribution >= 4 is 13.8 Å². The van der Waals surface area contributed by atoms with Crippen LogP contribution in [-0.4, -0.2) is 49.9 Å². The first kappa shape index (κ1) is 49.0. The summed E-state index contributed by atoms with van der Waals surface area (Å²) in [4.78, 5) is 22.4. The molecule has 0 aromatic rings. The first-order valence-corrected chi connectivity index (χ1v) is 22.3. The molecule has 0 aromatic carbocycles. The van der Waals surface area contributed by atoms with E-state index in [4.69, 9.17) is 24.3 Å². The molecule has 0 amide bonds. The van der Waals surface area contributed by atoms with Crippen LogP contribution in [0.25, 0.3) is 0 Å². The van der Waals surface area contributed by atoms with Crippen LogP contribution >= 0.6 is 7.82 Å². The molecule has 0 aliphatic heterocycles. The highest BCUT2D eigenvalue weighted by molar-refractivity contribution is 7.47. The van der Waals surface area contributed by atoms with Gasteiger partial charge in [-0.25, -0.2) is 4.57 Å². The van der Waals surface area contributed by atoms with Crippen molar-refractivity contribution in [3.8, 4) is 0 Å². The number of rotatable bonds is 40. The van der Waals surface area contributed by atoms with Crippen molar-refractivity contribution in [3.63, 3.8) is 0 Å². The fourth-order valence-corrected chi connectivity index (χ4v) is 6.56. The molecule has 0 aliphatic carbocycles. The summed E-state index contributed by atoms with van der Waals surface area (Å²) in [5.41, 5.74) is 5.36. The van der Waals surface area contributed by atoms with Crippen LogP contribution in [0.3, 0.4) is 0 Å². The van der Waals surface area contributed by atoms with Crippen molar-refractivity contribution in [3.05, 3.63) is 24.3 Å². The third kappa shape index (κ3) is 38.2. The normalized spacial score (nSPS) is 13.8. The summed E-state index contributed by atoms with van der Waals surface area (Å²) in [6, 6.07) is 0. The number of phosphoric ester groups is 1. The average Bonchev–Trinajstić information content (AvgIpc) is 3.10. The molecule has 2 unspecified atom stereocenters. The maximum Gasteiger partial charge on any atom is 0.472 e. The lowest BCUT2D eigenvalue weighted by atomic mass is 10.0. The molecular formula is C41H80NO7P. The summed E-state index contributed by atoms with van der Waals surface area (Å²) < 4.78 is 33.4. The van der Waals surface area contributed by atoms with Crippen LogP contribution in [0.2, 0.25) is 0 Å². The standard InChI is InChI=1S/C41H80NO7P/c1-3-5-7-9-11-13-15-17-19-21-23-25-27-29-31-33-36-46-38-40(39-48-50(44,45)47-37-35-42)49-41(43)34-32-30-28-26-24-22-20-18-16-14-12-10-8-6-4-2/h12,14,18,20,40H,3-11,13,15-17,19,21-39,42H2,1-2H3,(H,44,45)/b14-12-,20-18-. The largest absolute Gasteiger partial charge is 0.472 e. The van der Waals surface area contributed by atoms with Crippen molar-refractivity contribution < 1.29 is 32.8 Å². The van der Waals surface area contributed by atoms with Crippen molar-refractivity contribution in [2.45, 2.75) is 200 Å². The Bertz CT molecular complexity index is 823. The highest BCUT2D eigenvalue weighted by Gasteiger charge is 2.25. The van der Waals surface area contributed by atoms with Crippen LogP contribution < -0.4 is 5.73 Å². The van der Waals surface area contributed by atoms with E-state index in [0.717, 1.165) is 57.8 Å². The van der Waals surface area contributed by atoms with Gasteiger partial charge in [0.05, 0.1) is 19.8 Å². The predicted molar refractivity (Wildman–Crippen MR) is 210 cm³/mol. The summed E-state index contributed by atoms with van der Waals surface area (Å²) >= 11 is 0. The minimum Gasteiger partial charge on any atom is -0.457 e. The number of ether oxygens (including phenoxy) is 2. The summed E-state index contributed by atoms with van der Waals surface area (Å²) in [6.45, 7) is 4.90. The number of allylic oxidation sites excluding steroid dienone is 4. The van der Waals surface area contributed by atoms with Crippen molar-refractivity contribution in [2.24, 2.45) is 5.73 Å². The quantitative estimate of drug-likeness (QED) is 0.0277. The fourth-order valence-electron chi connectivity index (χ4n) is 5.79. The average molecular weight is 730 g/mol. The summed E-state index contributed by atoms with van der Waals surface area (Å²) in [5, 5.41) is 0. The van der Waals surface area contributed by atoms with E-state index in [9.17, 15) is 14.3 Å². The van der Waals surface area contributed by atoms with Gasteiger partial charge in [0, 0.05) is 19.6 Å². The fraction of sp³-hybridized carbons (Fsp3) is 0.878. The van der Waals surface area contributed by atoms with Gasteiger partial charge in [-0.1, -0.05) is 167 Å². The molecule has 296 valence electrons. The van der Waals surface area contributed by atoms with E-state index >= 15 is 0 Å². The van der Waals surface area contributed by atoms with Gasteiger partial charge in [-0.05, 0) is 44.9 Å². The molecule has 0 aliphatic rings. The van der Waals surface area contributed by atoms with Crippen LogP contribution in [-0.2, 0) is 27.9 Å². The molecule has 9 heteroatoms. The van der Waals surface area contributed by atoms with E-state index in [1.807, 2.05) is 0 Å². The number of hydrogen-bond donors (Lipinski definition) is 2. The molecular weight excluding hydrogens is 649 g/mol. The zero-order chi connectivity index (χ0) is 36.6. The smallest absolute Gasteiger partial charge is 0.457 e. The predicted octanol–water partition coefficient (Wildman–Crippen LogP) is 12.1. The Morgan fingerprint density at radius 2 is 1.06 bits per heavy atom. The lowest BCUT2D eigenvalue weighted by Gasteiger charge is -2.20. The Morgan fingerprint density at radius 1 is 0.600 bits per heavy atom. The zero-order valence-electron chi connectivity index (χ0n) is 32.6. The SMILES string of the molecule is CCCCC/C=C\C/C=C\CCCCCCCC(=O)OC(COCCCCCCCCCCCCCCCCCC)COP(=O)(O)OCCN. The third-order valence-corrected chi connectivity index (χ3v) is 9.86. The van der Waals surface area contributed by atoms with Gasteiger partial charge in [-0.3, -0.25) is 13.8 Å².